The molecule has 0 bridgehead atoms. The fraction of sp³-hybridized carbons (Fsp3) is 0.250. The van der Waals surface area contributed by atoms with Crippen LogP contribution >= 0.6 is 11.6 Å². The van der Waals surface area contributed by atoms with Crippen molar-refractivity contribution in [1.82, 2.24) is 0 Å². The number of aliphatic hydroxyl groups excluding tert-OH is 1. The lowest BCUT2D eigenvalue weighted by atomic mass is 10.0. The van der Waals surface area contributed by atoms with E-state index in [1.807, 2.05) is 0 Å². The van der Waals surface area contributed by atoms with Gasteiger partial charge in [0.1, 0.15) is 0 Å². The van der Waals surface area contributed by atoms with Crippen LogP contribution in [0.2, 0.25) is 5.02 Å². The van der Waals surface area contributed by atoms with E-state index in [4.69, 9.17) is 17.1 Å². The molecular formula is C12H11ClN2O4. The largest absolute Gasteiger partial charge is 0.460 e. The average molecular weight is 283 g/mol. The summed E-state index contributed by atoms with van der Waals surface area (Å²) in [5, 5.41) is 10.3. The molecule has 0 radical (unpaired) electrons. The normalized spacial score (nSPS) is 11.3. The monoisotopic (exact) mass is 282 g/mol. The number of carbonyl (C=O) groups excluding carboxylic acids is 2. The SMILES string of the molecule is COC(=O)C(=[N+]=[N-])C(=O)C[C@H](O)c1ccc(Cl)cc1. The molecular weight excluding hydrogens is 272 g/mol. The number of halogens is 1. The van der Waals surface area contributed by atoms with Crippen molar-refractivity contribution in [3.8, 4) is 0 Å². The average Bonchev–Trinajstić information content (AvgIpc) is 2.39. The Morgan fingerprint density at radius 3 is 2.47 bits per heavy atom. The summed E-state index contributed by atoms with van der Waals surface area (Å²) in [4.78, 5) is 25.3. The maximum absolute atomic E-state index is 11.6. The summed E-state index contributed by atoms with van der Waals surface area (Å²) >= 11 is 5.69. The second-order valence-electron chi connectivity index (χ2n) is 3.63. The lowest BCUT2D eigenvalue weighted by Gasteiger charge is -2.08. The molecule has 1 rings (SSSR count). The first-order valence-corrected chi connectivity index (χ1v) is 5.64. The minimum absolute atomic E-state index is 0.407. The molecule has 6 nitrogen and oxygen atoms in total. The van der Waals surface area contributed by atoms with E-state index in [1.54, 1.807) is 24.3 Å². The van der Waals surface area contributed by atoms with Crippen molar-refractivity contribution in [2.24, 2.45) is 0 Å². The van der Waals surface area contributed by atoms with E-state index >= 15 is 0 Å². The van der Waals surface area contributed by atoms with Gasteiger partial charge in [-0.2, -0.15) is 4.79 Å². The minimum atomic E-state index is -1.13. The molecule has 0 saturated carbocycles. The van der Waals surface area contributed by atoms with Crippen molar-refractivity contribution in [1.29, 1.82) is 0 Å². The van der Waals surface area contributed by atoms with Gasteiger partial charge in [0.2, 0.25) is 0 Å². The molecule has 1 N–H and O–H groups in total. The van der Waals surface area contributed by atoms with Gasteiger partial charge in [0.15, 0.2) is 0 Å². The Bertz CT molecular complexity index is 535. The molecule has 0 aromatic heterocycles. The van der Waals surface area contributed by atoms with E-state index in [9.17, 15) is 14.7 Å². The number of methoxy groups -OCH3 is 1. The number of ketones is 1. The van der Waals surface area contributed by atoms with Gasteiger partial charge in [-0.25, -0.2) is 4.79 Å². The molecule has 0 unspecified atom stereocenters. The van der Waals surface area contributed by atoms with Crippen molar-refractivity contribution >= 4 is 29.1 Å². The lowest BCUT2D eigenvalue weighted by Crippen LogP contribution is -2.27. The first-order valence-electron chi connectivity index (χ1n) is 5.26. The van der Waals surface area contributed by atoms with Crippen LogP contribution in [-0.4, -0.2) is 34.5 Å². The fourth-order valence-electron chi connectivity index (χ4n) is 1.38. The molecule has 1 atom stereocenters. The zero-order valence-electron chi connectivity index (χ0n) is 10.0. The Kier molecular flexibility index (Phi) is 5.38. The minimum Gasteiger partial charge on any atom is -0.460 e. The van der Waals surface area contributed by atoms with Gasteiger partial charge >= 0.3 is 11.7 Å². The summed E-state index contributed by atoms with van der Waals surface area (Å²) in [6.45, 7) is 0. The summed E-state index contributed by atoms with van der Waals surface area (Å²) in [7, 11) is 1.05. The number of hydrogen-bond donors (Lipinski definition) is 1. The van der Waals surface area contributed by atoms with Crippen LogP contribution in [0.25, 0.3) is 5.53 Å². The summed E-state index contributed by atoms with van der Waals surface area (Å²) in [5.41, 5.74) is 8.29. The fourth-order valence-corrected chi connectivity index (χ4v) is 1.51. The maximum Gasteiger partial charge on any atom is 0.441 e. The maximum atomic E-state index is 11.6. The number of benzene rings is 1. The van der Waals surface area contributed by atoms with Gasteiger partial charge < -0.3 is 15.4 Å². The first kappa shape index (κ1) is 15.0. The summed E-state index contributed by atoms with van der Waals surface area (Å²) < 4.78 is 4.28. The second-order valence-corrected chi connectivity index (χ2v) is 4.07. The molecule has 0 amide bonds. The highest BCUT2D eigenvalue weighted by Crippen LogP contribution is 2.19. The molecule has 1 aromatic carbocycles. The van der Waals surface area contributed by atoms with Crippen LogP contribution in [0.1, 0.15) is 18.1 Å². The van der Waals surface area contributed by atoms with Gasteiger partial charge in [0.25, 0.3) is 5.78 Å². The number of esters is 1. The molecule has 0 aliphatic carbocycles. The summed E-state index contributed by atoms with van der Waals surface area (Å²) in [6.07, 6.45) is -1.54. The Balaban J connectivity index is 2.79. The van der Waals surface area contributed by atoms with Crippen LogP contribution in [0.15, 0.2) is 24.3 Å². The number of nitrogens with zero attached hydrogens (tertiary/aromatic N) is 2. The molecule has 0 aliphatic rings. The molecule has 0 saturated heterocycles. The molecule has 0 heterocycles. The van der Waals surface area contributed by atoms with Gasteiger partial charge in [-0.05, 0) is 17.7 Å². The van der Waals surface area contributed by atoms with Gasteiger partial charge in [-0.15, -0.1) is 0 Å². The third kappa shape index (κ3) is 3.99. The van der Waals surface area contributed by atoms with E-state index in [1.165, 1.54) is 0 Å². The van der Waals surface area contributed by atoms with E-state index in [0.29, 0.717) is 10.6 Å². The van der Waals surface area contributed by atoms with Crippen LogP contribution in [0.5, 0.6) is 0 Å². The van der Waals surface area contributed by atoms with Crippen LogP contribution in [-0.2, 0) is 14.3 Å². The van der Waals surface area contributed by atoms with E-state index < -0.39 is 30.0 Å². The van der Waals surface area contributed by atoms with Crippen LogP contribution in [0, 0.1) is 0 Å². The van der Waals surface area contributed by atoms with Crippen molar-refractivity contribution in [2.75, 3.05) is 7.11 Å². The van der Waals surface area contributed by atoms with Gasteiger partial charge in [-0.1, -0.05) is 23.7 Å². The molecule has 0 aliphatic heterocycles. The molecule has 100 valence electrons. The highest BCUT2D eigenvalue weighted by Gasteiger charge is 2.32. The van der Waals surface area contributed by atoms with Crippen molar-refractivity contribution in [3.05, 3.63) is 40.4 Å². The highest BCUT2D eigenvalue weighted by molar-refractivity contribution is 6.62. The number of Topliss-reactive ketones (excluding diaryl/α,β-unsaturated/α-hetero) is 1. The van der Waals surface area contributed by atoms with E-state index in [-0.39, 0.29) is 0 Å². The van der Waals surface area contributed by atoms with Crippen LogP contribution < -0.4 is 0 Å². The molecule has 19 heavy (non-hydrogen) atoms. The van der Waals surface area contributed by atoms with E-state index in [0.717, 1.165) is 7.11 Å². The number of aliphatic hydroxyl groups is 1. The first-order chi connectivity index (χ1) is 8.99. The highest BCUT2D eigenvalue weighted by atomic mass is 35.5. The standard InChI is InChI=1S/C12H11ClN2O4/c1-19-12(18)11(15-14)10(17)6-9(16)7-2-4-8(13)5-3-7/h2-5,9,16H,6H2,1H3/t9-/m0/s1. The zero-order valence-corrected chi connectivity index (χ0v) is 10.8. The second kappa shape index (κ2) is 6.80. The Morgan fingerprint density at radius 2 is 2.00 bits per heavy atom. The van der Waals surface area contributed by atoms with Gasteiger partial charge in [0.05, 0.1) is 13.2 Å². The van der Waals surface area contributed by atoms with Gasteiger partial charge in [-0.3, -0.25) is 4.79 Å². The predicted octanol–water partition coefficient (Wildman–Crippen LogP) is 1.18. The third-order valence-electron chi connectivity index (χ3n) is 2.38. The molecule has 0 fully saturated rings. The number of ether oxygens (including phenoxy) is 1. The lowest BCUT2D eigenvalue weighted by molar-refractivity contribution is -0.140. The van der Waals surface area contributed by atoms with Crippen molar-refractivity contribution < 1.29 is 24.2 Å². The summed E-state index contributed by atoms with van der Waals surface area (Å²) in [5.74, 6) is -1.88. The summed E-state index contributed by atoms with van der Waals surface area (Å²) in [6, 6.07) is 6.22. The topological polar surface area (TPSA) is 100 Å². The molecule has 7 heteroatoms. The number of carbonyl (C=O) groups is 2. The molecule has 0 spiro atoms. The zero-order chi connectivity index (χ0) is 14.4. The third-order valence-corrected chi connectivity index (χ3v) is 2.63. The van der Waals surface area contributed by atoms with Crippen molar-refractivity contribution in [2.45, 2.75) is 12.5 Å². The Hall–Kier alpha value is -2.01. The predicted molar refractivity (Wildman–Crippen MR) is 66.7 cm³/mol. The number of hydrogen-bond acceptors (Lipinski definition) is 4. The van der Waals surface area contributed by atoms with Crippen molar-refractivity contribution in [3.63, 3.8) is 0 Å². The van der Waals surface area contributed by atoms with Crippen LogP contribution in [0.3, 0.4) is 0 Å². The Morgan fingerprint density at radius 1 is 1.42 bits per heavy atom. The van der Waals surface area contributed by atoms with Gasteiger partial charge in [0, 0.05) is 11.4 Å². The van der Waals surface area contributed by atoms with Crippen LogP contribution in [0.4, 0.5) is 0 Å². The Labute approximate surface area is 114 Å². The smallest absolute Gasteiger partial charge is 0.441 e. The number of rotatable bonds is 5. The van der Waals surface area contributed by atoms with E-state index in [2.05, 4.69) is 9.53 Å². The quantitative estimate of drug-likeness (QED) is 0.288. The molecule has 1 aromatic rings.